The van der Waals surface area contributed by atoms with Gasteiger partial charge >= 0.3 is 0 Å². The first kappa shape index (κ1) is 15.0. The maximum Gasteiger partial charge on any atom is 0.222 e. The molecule has 1 amide bonds. The summed E-state index contributed by atoms with van der Waals surface area (Å²) in [7, 11) is 0. The number of rotatable bonds is 2. The lowest BCUT2D eigenvalue weighted by Crippen LogP contribution is -2.38. The van der Waals surface area contributed by atoms with Gasteiger partial charge in [0, 0.05) is 12.0 Å². The molecule has 0 aromatic carbocycles. The highest BCUT2D eigenvalue weighted by Gasteiger charge is 2.16. The number of nitrogens with one attached hydrogen (secondary N) is 1. The Bertz CT molecular complexity index is 235. The van der Waals surface area contributed by atoms with E-state index in [9.17, 15) is 4.79 Å². The van der Waals surface area contributed by atoms with E-state index in [2.05, 4.69) is 17.2 Å². The fourth-order valence-corrected chi connectivity index (χ4v) is 1.61. The predicted molar refractivity (Wildman–Crippen MR) is 69.0 cm³/mol. The van der Waals surface area contributed by atoms with Gasteiger partial charge in [-0.1, -0.05) is 33.1 Å². The van der Waals surface area contributed by atoms with Crippen molar-refractivity contribution in [3.8, 4) is 11.8 Å². The van der Waals surface area contributed by atoms with E-state index in [0.717, 1.165) is 0 Å². The molecular weight excluding hydrogens is 198 g/mol. The zero-order valence-electron chi connectivity index (χ0n) is 11.1. The van der Waals surface area contributed by atoms with Gasteiger partial charge in [-0.2, -0.15) is 0 Å². The van der Waals surface area contributed by atoms with Crippen LogP contribution in [0, 0.1) is 17.8 Å². The second-order valence-electron chi connectivity index (χ2n) is 4.50. The largest absolute Gasteiger partial charge is 0.353 e. The summed E-state index contributed by atoms with van der Waals surface area (Å²) in [6, 6.07) is 0.466. The van der Waals surface area contributed by atoms with Gasteiger partial charge in [0.1, 0.15) is 0 Å². The van der Waals surface area contributed by atoms with Gasteiger partial charge in [0.25, 0.3) is 0 Å². The Labute approximate surface area is 100 Å². The van der Waals surface area contributed by atoms with Gasteiger partial charge in [-0.3, -0.25) is 4.79 Å². The normalized spacial score (nSPS) is 15.6. The van der Waals surface area contributed by atoms with E-state index in [0.29, 0.717) is 6.04 Å². The van der Waals surface area contributed by atoms with Crippen LogP contribution in [0.25, 0.3) is 0 Å². The molecule has 0 saturated heterocycles. The van der Waals surface area contributed by atoms with Gasteiger partial charge in [0.15, 0.2) is 0 Å². The van der Waals surface area contributed by atoms with Gasteiger partial charge in [0.05, 0.1) is 0 Å². The van der Waals surface area contributed by atoms with Gasteiger partial charge in [-0.15, -0.1) is 11.8 Å². The van der Waals surface area contributed by atoms with Crippen LogP contribution >= 0.6 is 0 Å². The van der Waals surface area contributed by atoms with Crippen molar-refractivity contribution >= 4 is 5.91 Å². The first-order valence-electron chi connectivity index (χ1n) is 6.25. The third kappa shape index (κ3) is 7.34. The Kier molecular flexibility index (Phi) is 8.71. The highest BCUT2D eigenvalue weighted by molar-refractivity contribution is 5.78. The second kappa shape index (κ2) is 9.27. The molecule has 0 aromatic heterocycles. The Morgan fingerprint density at radius 2 is 1.62 bits per heavy atom. The molecule has 92 valence electrons. The molecule has 0 unspecified atom stereocenters. The van der Waals surface area contributed by atoms with Crippen LogP contribution in [0.1, 0.15) is 59.8 Å². The van der Waals surface area contributed by atoms with Crippen LogP contribution < -0.4 is 5.32 Å². The Morgan fingerprint density at radius 1 is 1.12 bits per heavy atom. The summed E-state index contributed by atoms with van der Waals surface area (Å²) in [4.78, 5) is 11.3. The van der Waals surface area contributed by atoms with E-state index in [1.54, 1.807) is 0 Å². The van der Waals surface area contributed by atoms with Crippen molar-refractivity contribution in [1.29, 1.82) is 0 Å². The molecule has 1 N–H and O–H groups in total. The van der Waals surface area contributed by atoms with Gasteiger partial charge in [-0.05, 0) is 26.7 Å². The van der Waals surface area contributed by atoms with E-state index < -0.39 is 0 Å². The number of hydrogen-bond donors (Lipinski definition) is 1. The van der Waals surface area contributed by atoms with Crippen LogP contribution in [-0.4, -0.2) is 11.9 Å². The first-order valence-corrected chi connectivity index (χ1v) is 6.25. The summed E-state index contributed by atoms with van der Waals surface area (Å²) >= 11 is 0. The monoisotopic (exact) mass is 223 g/mol. The Balaban J connectivity index is 0.000000487. The summed E-state index contributed by atoms with van der Waals surface area (Å²) in [5.74, 6) is 5.70. The molecule has 1 aliphatic carbocycles. The molecule has 2 nitrogen and oxygen atoms in total. The minimum absolute atomic E-state index is 0.131. The highest BCUT2D eigenvalue weighted by Crippen LogP contribution is 2.17. The predicted octanol–water partition coefficient (Wildman–Crippen LogP) is 3.12. The van der Waals surface area contributed by atoms with Gasteiger partial charge in [0.2, 0.25) is 5.91 Å². The molecule has 1 aliphatic rings. The van der Waals surface area contributed by atoms with Crippen LogP contribution in [0.15, 0.2) is 0 Å². The van der Waals surface area contributed by atoms with Crippen molar-refractivity contribution in [2.45, 2.75) is 65.8 Å². The summed E-state index contributed by atoms with van der Waals surface area (Å²) in [6.07, 6.45) is 6.26. The molecule has 0 bridgehead atoms. The third-order valence-electron chi connectivity index (χ3n) is 2.73. The van der Waals surface area contributed by atoms with E-state index in [1.165, 1.54) is 32.1 Å². The number of carbonyl (C=O) groups is 1. The van der Waals surface area contributed by atoms with Crippen molar-refractivity contribution in [3.05, 3.63) is 0 Å². The Morgan fingerprint density at radius 3 is 2.00 bits per heavy atom. The lowest BCUT2D eigenvalue weighted by molar-refractivity contribution is -0.124. The fraction of sp³-hybridized carbons (Fsp3) is 0.786. The topological polar surface area (TPSA) is 29.1 Å². The molecule has 16 heavy (non-hydrogen) atoms. The molecule has 1 rings (SSSR count). The highest BCUT2D eigenvalue weighted by atomic mass is 16.1. The summed E-state index contributed by atoms with van der Waals surface area (Å²) in [5.41, 5.74) is 0. The van der Waals surface area contributed by atoms with Crippen molar-refractivity contribution in [2.75, 3.05) is 0 Å². The standard InChI is InChI=1S/C10H19NO.C4H6/c1-8(2)10(12)11-9-6-4-3-5-7-9;1-3-4-2/h8-9H,3-7H2,1-2H3,(H,11,12);1-2H3. The van der Waals surface area contributed by atoms with Crippen LogP contribution in [0.3, 0.4) is 0 Å². The first-order chi connectivity index (χ1) is 7.61. The van der Waals surface area contributed by atoms with Crippen LogP contribution in [-0.2, 0) is 4.79 Å². The van der Waals surface area contributed by atoms with Gasteiger partial charge in [-0.25, -0.2) is 0 Å². The molecule has 0 atom stereocenters. The summed E-state index contributed by atoms with van der Waals surface area (Å²) in [5, 5.41) is 3.08. The van der Waals surface area contributed by atoms with E-state index in [-0.39, 0.29) is 11.8 Å². The molecule has 0 aliphatic heterocycles. The molecule has 0 aromatic rings. The zero-order chi connectivity index (χ0) is 12.4. The Hall–Kier alpha value is -0.970. The molecule has 0 spiro atoms. The lowest BCUT2D eigenvalue weighted by atomic mass is 9.95. The van der Waals surface area contributed by atoms with E-state index >= 15 is 0 Å². The maximum absolute atomic E-state index is 11.3. The quantitative estimate of drug-likeness (QED) is 0.716. The fourth-order valence-electron chi connectivity index (χ4n) is 1.61. The van der Waals surface area contributed by atoms with Crippen LogP contribution in [0.5, 0.6) is 0 Å². The number of hydrogen-bond acceptors (Lipinski definition) is 1. The molecule has 1 fully saturated rings. The molecule has 1 saturated carbocycles. The molecular formula is C14H25NO. The second-order valence-corrected chi connectivity index (χ2v) is 4.50. The van der Waals surface area contributed by atoms with E-state index in [1.807, 2.05) is 27.7 Å². The van der Waals surface area contributed by atoms with E-state index in [4.69, 9.17) is 0 Å². The molecule has 2 heteroatoms. The van der Waals surface area contributed by atoms with Crippen LogP contribution in [0.2, 0.25) is 0 Å². The minimum Gasteiger partial charge on any atom is -0.353 e. The summed E-state index contributed by atoms with van der Waals surface area (Å²) in [6.45, 7) is 7.52. The number of carbonyl (C=O) groups excluding carboxylic acids is 1. The SMILES string of the molecule is CC#CC.CC(C)C(=O)NC1CCCCC1. The minimum atomic E-state index is 0.131. The third-order valence-corrected chi connectivity index (χ3v) is 2.73. The van der Waals surface area contributed by atoms with Gasteiger partial charge < -0.3 is 5.32 Å². The van der Waals surface area contributed by atoms with Crippen molar-refractivity contribution in [2.24, 2.45) is 5.92 Å². The molecule has 0 radical (unpaired) electrons. The van der Waals surface area contributed by atoms with Crippen molar-refractivity contribution in [1.82, 2.24) is 5.32 Å². The van der Waals surface area contributed by atoms with Crippen LogP contribution in [0.4, 0.5) is 0 Å². The van der Waals surface area contributed by atoms with Crippen molar-refractivity contribution in [3.63, 3.8) is 0 Å². The summed E-state index contributed by atoms with van der Waals surface area (Å²) < 4.78 is 0. The maximum atomic E-state index is 11.3. The smallest absolute Gasteiger partial charge is 0.222 e. The lowest BCUT2D eigenvalue weighted by Gasteiger charge is -2.23. The average Bonchev–Trinajstić information content (AvgIpc) is 2.30. The van der Waals surface area contributed by atoms with Crippen molar-refractivity contribution < 1.29 is 4.79 Å². The zero-order valence-corrected chi connectivity index (χ0v) is 11.1. The average molecular weight is 223 g/mol. The molecule has 0 heterocycles. The number of amides is 1.